The van der Waals surface area contributed by atoms with Crippen LogP contribution in [-0.2, 0) is 4.79 Å². The highest BCUT2D eigenvalue weighted by atomic mass is 16.1. The van der Waals surface area contributed by atoms with Crippen LogP contribution in [0.3, 0.4) is 0 Å². The van der Waals surface area contributed by atoms with Crippen LogP contribution in [0.25, 0.3) is 0 Å². The molecular weight excluding hydrogens is 178 g/mol. The van der Waals surface area contributed by atoms with Crippen LogP contribution in [0.15, 0.2) is 24.5 Å². The molecule has 1 amide bonds. The van der Waals surface area contributed by atoms with Crippen LogP contribution >= 0.6 is 0 Å². The van der Waals surface area contributed by atoms with Gasteiger partial charge in [0.25, 0.3) is 0 Å². The molecule has 0 spiro atoms. The van der Waals surface area contributed by atoms with Crippen LogP contribution in [0.2, 0.25) is 0 Å². The lowest BCUT2D eigenvalue weighted by atomic mass is 10.1. The first-order valence-electron chi connectivity index (χ1n) is 4.63. The molecular formula is C10H15N3O. The molecule has 0 aliphatic rings. The first-order chi connectivity index (χ1) is 6.74. The smallest absolute Gasteiger partial charge is 0.221 e. The van der Waals surface area contributed by atoms with Crippen LogP contribution in [0, 0.1) is 0 Å². The fourth-order valence-electron chi connectivity index (χ4n) is 1.16. The van der Waals surface area contributed by atoms with E-state index in [-0.39, 0.29) is 11.9 Å². The van der Waals surface area contributed by atoms with Crippen LogP contribution in [0.1, 0.15) is 24.9 Å². The predicted octanol–water partition coefficient (Wildman–Crippen LogP) is 0.608. The van der Waals surface area contributed by atoms with Crippen molar-refractivity contribution in [3.05, 3.63) is 30.1 Å². The van der Waals surface area contributed by atoms with Crippen molar-refractivity contribution in [3.63, 3.8) is 0 Å². The van der Waals surface area contributed by atoms with E-state index in [1.807, 2.05) is 19.1 Å². The summed E-state index contributed by atoms with van der Waals surface area (Å²) >= 11 is 0. The molecule has 4 heteroatoms. The van der Waals surface area contributed by atoms with Gasteiger partial charge in [0, 0.05) is 25.4 Å². The van der Waals surface area contributed by atoms with Crippen molar-refractivity contribution in [3.8, 4) is 0 Å². The molecule has 1 aromatic heterocycles. The Hall–Kier alpha value is -1.42. The van der Waals surface area contributed by atoms with Crippen molar-refractivity contribution >= 4 is 5.91 Å². The number of nitrogens with one attached hydrogen (secondary N) is 1. The van der Waals surface area contributed by atoms with E-state index in [0.29, 0.717) is 13.0 Å². The Kier molecular flexibility index (Phi) is 4.07. The normalized spacial score (nSPS) is 12.1. The van der Waals surface area contributed by atoms with Gasteiger partial charge < -0.3 is 11.1 Å². The zero-order chi connectivity index (χ0) is 10.4. The third kappa shape index (κ3) is 3.14. The Bertz CT molecular complexity index is 287. The van der Waals surface area contributed by atoms with Gasteiger partial charge in [0.2, 0.25) is 5.91 Å². The van der Waals surface area contributed by atoms with E-state index in [9.17, 15) is 4.79 Å². The number of amides is 1. The fraction of sp³-hybridized carbons (Fsp3) is 0.400. The van der Waals surface area contributed by atoms with Crippen molar-refractivity contribution in [1.82, 2.24) is 10.3 Å². The summed E-state index contributed by atoms with van der Waals surface area (Å²) in [4.78, 5) is 15.2. The molecule has 3 N–H and O–H groups in total. The van der Waals surface area contributed by atoms with Gasteiger partial charge in [-0.15, -0.1) is 0 Å². The molecule has 76 valence electrons. The molecule has 0 aliphatic heterocycles. The van der Waals surface area contributed by atoms with E-state index in [1.54, 1.807) is 12.4 Å². The maximum Gasteiger partial charge on any atom is 0.221 e. The van der Waals surface area contributed by atoms with Crippen LogP contribution in [0.5, 0.6) is 0 Å². The van der Waals surface area contributed by atoms with Gasteiger partial charge in [0.05, 0.1) is 6.04 Å². The summed E-state index contributed by atoms with van der Waals surface area (Å²) in [5.74, 6) is -0.0242. The van der Waals surface area contributed by atoms with E-state index < -0.39 is 0 Å². The molecule has 0 aromatic carbocycles. The molecule has 0 radical (unpaired) electrons. The SMILES string of the molecule is CC(NC(=O)CCN)c1cccnc1. The fourth-order valence-corrected chi connectivity index (χ4v) is 1.16. The van der Waals surface area contributed by atoms with Crippen molar-refractivity contribution in [2.45, 2.75) is 19.4 Å². The van der Waals surface area contributed by atoms with E-state index in [2.05, 4.69) is 10.3 Å². The molecule has 1 heterocycles. The van der Waals surface area contributed by atoms with Gasteiger partial charge >= 0.3 is 0 Å². The van der Waals surface area contributed by atoms with Gasteiger partial charge in [-0.1, -0.05) is 6.07 Å². The van der Waals surface area contributed by atoms with E-state index in [1.165, 1.54) is 0 Å². The second kappa shape index (κ2) is 5.34. The summed E-state index contributed by atoms with van der Waals surface area (Å²) in [6.45, 7) is 2.30. The van der Waals surface area contributed by atoms with Crippen LogP contribution < -0.4 is 11.1 Å². The number of carbonyl (C=O) groups is 1. The number of nitrogens with two attached hydrogens (primary N) is 1. The molecule has 1 atom stereocenters. The van der Waals surface area contributed by atoms with E-state index in [0.717, 1.165) is 5.56 Å². The Morgan fingerprint density at radius 3 is 3.07 bits per heavy atom. The molecule has 0 fully saturated rings. The predicted molar refractivity (Wildman–Crippen MR) is 54.5 cm³/mol. The molecule has 1 aromatic rings. The van der Waals surface area contributed by atoms with Gasteiger partial charge in [0.15, 0.2) is 0 Å². The number of hydrogen-bond donors (Lipinski definition) is 2. The summed E-state index contributed by atoms with van der Waals surface area (Å²) in [5.41, 5.74) is 6.27. The number of hydrogen-bond acceptors (Lipinski definition) is 3. The number of rotatable bonds is 4. The van der Waals surface area contributed by atoms with E-state index in [4.69, 9.17) is 5.73 Å². The molecule has 0 saturated carbocycles. The van der Waals surface area contributed by atoms with Crippen molar-refractivity contribution in [2.24, 2.45) is 5.73 Å². The Labute approximate surface area is 83.5 Å². The number of nitrogens with zero attached hydrogens (tertiary/aromatic N) is 1. The quantitative estimate of drug-likeness (QED) is 0.736. The summed E-state index contributed by atoms with van der Waals surface area (Å²) in [6.07, 6.45) is 3.82. The third-order valence-corrected chi connectivity index (χ3v) is 1.93. The highest BCUT2D eigenvalue weighted by molar-refractivity contribution is 5.76. The van der Waals surface area contributed by atoms with Gasteiger partial charge in [-0.2, -0.15) is 0 Å². The van der Waals surface area contributed by atoms with Gasteiger partial charge in [-0.05, 0) is 18.6 Å². The molecule has 0 bridgehead atoms. The van der Waals surface area contributed by atoms with Crippen LogP contribution in [0.4, 0.5) is 0 Å². The highest BCUT2D eigenvalue weighted by Gasteiger charge is 2.07. The minimum absolute atomic E-state index is 0.0113. The third-order valence-electron chi connectivity index (χ3n) is 1.93. The summed E-state index contributed by atoms with van der Waals surface area (Å²) in [7, 11) is 0. The monoisotopic (exact) mass is 193 g/mol. The second-order valence-corrected chi connectivity index (χ2v) is 3.11. The lowest BCUT2D eigenvalue weighted by Crippen LogP contribution is -2.28. The van der Waals surface area contributed by atoms with Gasteiger partial charge in [-0.3, -0.25) is 9.78 Å². The van der Waals surface area contributed by atoms with Crippen molar-refractivity contribution < 1.29 is 4.79 Å². The van der Waals surface area contributed by atoms with Crippen LogP contribution in [-0.4, -0.2) is 17.4 Å². The topological polar surface area (TPSA) is 68.0 Å². The molecule has 4 nitrogen and oxygen atoms in total. The minimum Gasteiger partial charge on any atom is -0.349 e. The first kappa shape index (κ1) is 10.7. The average molecular weight is 193 g/mol. The van der Waals surface area contributed by atoms with Gasteiger partial charge in [-0.25, -0.2) is 0 Å². The summed E-state index contributed by atoms with van der Waals surface area (Å²) in [5, 5.41) is 2.84. The maximum atomic E-state index is 11.2. The van der Waals surface area contributed by atoms with Crippen molar-refractivity contribution in [1.29, 1.82) is 0 Å². The number of pyridine rings is 1. The molecule has 0 aliphatic carbocycles. The first-order valence-corrected chi connectivity index (χ1v) is 4.63. The number of aromatic nitrogens is 1. The maximum absolute atomic E-state index is 11.2. The lowest BCUT2D eigenvalue weighted by molar-refractivity contribution is -0.121. The molecule has 14 heavy (non-hydrogen) atoms. The Morgan fingerprint density at radius 1 is 1.71 bits per heavy atom. The zero-order valence-corrected chi connectivity index (χ0v) is 8.23. The largest absolute Gasteiger partial charge is 0.349 e. The standard InChI is InChI=1S/C10H15N3O/c1-8(13-10(14)4-5-11)9-3-2-6-12-7-9/h2-3,6-8H,4-5,11H2,1H3,(H,13,14). The summed E-state index contributed by atoms with van der Waals surface area (Å²) in [6, 6.07) is 3.77. The highest BCUT2D eigenvalue weighted by Crippen LogP contribution is 2.09. The van der Waals surface area contributed by atoms with Crippen molar-refractivity contribution in [2.75, 3.05) is 6.54 Å². The second-order valence-electron chi connectivity index (χ2n) is 3.11. The summed E-state index contributed by atoms with van der Waals surface area (Å²) < 4.78 is 0. The van der Waals surface area contributed by atoms with E-state index >= 15 is 0 Å². The minimum atomic E-state index is -0.0242. The van der Waals surface area contributed by atoms with Gasteiger partial charge in [0.1, 0.15) is 0 Å². The lowest BCUT2D eigenvalue weighted by Gasteiger charge is -2.13. The Morgan fingerprint density at radius 2 is 2.50 bits per heavy atom. The Balaban J connectivity index is 2.50. The number of carbonyl (C=O) groups excluding carboxylic acids is 1. The molecule has 0 saturated heterocycles. The average Bonchev–Trinajstić information content (AvgIpc) is 2.19. The molecule has 1 unspecified atom stereocenters. The zero-order valence-electron chi connectivity index (χ0n) is 8.23. The molecule has 1 rings (SSSR count).